The van der Waals surface area contributed by atoms with Gasteiger partial charge in [-0.05, 0) is 18.9 Å². The van der Waals surface area contributed by atoms with E-state index in [1.165, 1.54) is 6.42 Å². The van der Waals surface area contributed by atoms with Gasteiger partial charge < -0.3 is 16.0 Å². The van der Waals surface area contributed by atoms with Crippen molar-refractivity contribution in [2.75, 3.05) is 24.3 Å². The van der Waals surface area contributed by atoms with Crippen molar-refractivity contribution in [2.24, 2.45) is 5.73 Å². The van der Waals surface area contributed by atoms with Crippen molar-refractivity contribution in [1.29, 1.82) is 0 Å². The van der Waals surface area contributed by atoms with Crippen LogP contribution in [0.2, 0.25) is 0 Å². The van der Waals surface area contributed by atoms with E-state index in [0.717, 1.165) is 31.4 Å². The standard InChI is InChI=1S/C14H22N4O/c1-18(2)12-6-9-16-10-11(12)17-13(19)14(15)7-4-3-5-8-14/h6,9-10H,3-5,7-8,15H2,1-2H3,(H,17,19). The second-order valence-corrected chi connectivity index (χ2v) is 5.46. The van der Waals surface area contributed by atoms with E-state index in [1.807, 2.05) is 25.1 Å². The molecule has 0 atom stereocenters. The van der Waals surface area contributed by atoms with Gasteiger partial charge in [-0.2, -0.15) is 0 Å². The second-order valence-electron chi connectivity index (χ2n) is 5.46. The molecule has 2 rings (SSSR count). The Balaban J connectivity index is 2.14. The molecule has 1 saturated carbocycles. The molecular weight excluding hydrogens is 240 g/mol. The predicted octanol–water partition coefficient (Wildman–Crippen LogP) is 1.75. The Kier molecular flexibility index (Phi) is 4.04. The summed E-state index contributed by atoms with van der Waals surface area (Å²) in [6, 6.07) is 1.87. The zero-order valence-corrected chi connectivity index (χ0v) is 11.6. The van der Waals surface area contributed by atoms with Gasteiger partial charge in [0.2, 0.25) is 5.91 Å². The van der Waals surface area contributed by atoms with Crippen LogP contribution >= 0.6 is 0 Å². The summed E-state index contributed by atoms with van der Waals surface area (Å²) in [6.45, 7) is 0. The molecule has 1 fully saturated rings. The zero-order chi connectivity index (χ0) is 13.9. The van der Waals surface area contributed by atoms with Crippen molar-refractivity contribution in [3.05, 3.63) is 18.5 Å². The molecule has 0 bridgehead atoms. The summed E-state index contributed by atoms with van der Waals surface area (Å²) in [4.78, 5) is 18.4. The van der Waals surface area contributed by atoms with E-state index in [9.17, 15) is 4.79 Å². The number of carbonyl (C=O) groups excluding carboxylic acids is 1. The number of hydrogen-bond acceptors (Lipinski definition) is 4. The Morgan fingerprint density at radius 3 is 2.68 bits per heavy atom. The molecule has 104 valence electrons. The summed E-state index contributed by atoms with van der Waals surface area (Å²) < 4.78 is 0. The zero-order valence-electron chi connectivity index (χ0n) is 11.6. The Labute approximate surface area is 114 Å². The summed E-state index contributed by atoms with van der Waals surface area (Å²) >= 11 is 0. The van der Waals surface area contributed by atoms with Crippen LogP contribution in [-0.2, 0) is 4.79 Å². The first-order valence-corrected chi connectivity index (χ1v) is 6.75. The van der Waals surface area contributed by atoms with Gasteiger partial charge in [0.1, 0.15) is 0 Å². The van der Waals surface area contributed by atoms with E-state index in [1.54, 1.807) is 12.4 Å². The van der Waals surface area contributed by atoms with Crippen LogP contribution in [0, 0.1) is 0 Å². The average molecular weight is 262 g/mol. The summed E-state index contributed by atoms with van der Waals surface area (Å²) in [6.07, 6.45) is 8.12. The Hall–Kier alpha value is -1.62. The number of nitrogens with zero attached hydrogens (tertiary/aromatic N) is 2. The molecule has 0 aliphatic heterocycles. The monoisotopic (exact) mass is 262 g/mol. The lowest BCUT2D eigenvalue weighted by Crippen LogP contribution is -2.52. The fraction of sp³-hybridized carbons (Fsp3) is 0.571. The molecule has 1 aromatic heterocycles. The smallest absolute Gasteiger partial charge is 0.244 e. The molecule has 1 heterocycles. The first-order chi connectivity index (χ1) is 9.03. The van der Waals surface area contributed by atoms with Gasteiger partial charge in [-0.15, -0.1) is 0 Å². The highest BCUT2D eigenvalue weighted by molar-refractivity contribution is 6.00. The van der Waals surface area contributed by atoms with Crippen LogP contribution in [0.25, 0.3) is 0 Å². The molecule has 0 spiro atoms. The highest BCUT2D eigenvalue weighted by Gasteiger charge is 2.35. The first kappa shape index (κ1) is 13.8. The van der Waals surface area contributed by atoms with Gasteiger partial charge >= 0.3 is 0 Å². The van der Waals surface area contributed by atoms with Crippen LogP contribution in [0.1, 0.15) is 32.1 Å². The van der Waals surface area contributed by atoms with Crippen molar-refractivity contribution in [3.8, 4) is 0 Å². The molecule has 0 unspecified atom stereocenters. The Morgan fingerprint density at radius 1 is 1.37 bits per heavy atom. The topological polar surface area (TPSA) is 71.2 Å². The number of nitrogens with two attached hydrogens (primary N) is 1. The predicted molar refractivity (Wildman–Crippen MR) is 77.2 cm³/mol. The molecule has 5 heteroatoms. The highest BCUT2D eigenvalue weighted by Crippen LogP contribution is 2.29. The maximum absolute atomic E-state index is 12.4. The minimum Gasteiger partial charge on any atom is -0.376 e. The van der Waals surface area contributed by atoms with Crippen molar-refractivity contribution >= 4 is 17.3 Å². The molecule has 0 saturated heterocycles. The average Bonchev–Trinajstić information content (AvgIpc) is 2.40. The molecular formula is C14H22N4O. The number of rotatable bonds is 3. The molecule has 0 radical (unpaired) electrons. The largest absolute Gasteiger partial charge is 0.376 e. The van der Waals surface area contributed by atoms with Gasteiger partial charge in [-0.25, -0.2) is 0 Å². The fourth-order valence-electron chi connectivity index (χ4n) is 2.53. The molecule has 1 aliphatic rings. The van der Waals surface area contributed by atoms with Crippen molar-refractivity contribution < 1.29 is 4.79 Å². The molecule has 1 aliphatic carbocycles. The molecule has 0 aromatic carbocycles. The maximum atomic E-state index is 12.4. The van der Waals surface area contributed by atoms with Gasteiger partial charge in [0, 0.05) is 20.3 Å². The molecule has 19 heavy (non-hydrogen) atoms. The van der Waals surface area contributed by atoms with Gasteiger partial charge in [-0.1, -0.05) is 19.3 Å². The van der Waals surface area contributed by atoms with Crippen LogP contribution < -0.4 is 16.0 Å². The van der Waals surface area contributed by atoms with Crippen molar-refractivity contribution in [1.82, 2.24) is 4.98 Å². The van der Waals surface area contributed by atoms with E-state index in [0.29, 0.717) is 5.69 Å². The lowest BCUT2D eigenvalue weighted by Gasteiger charge is -2.32. The minimum absolute atomic E-state index is 0.0942. The number of pyridine rings is 1. The van der Waals surface area contributed by atoms with Crippen LogP contribution in [0.3, 0.4) is 0 Å². The molecule has 1 amide bonds. The number of hydrogen-bond donors (Lipinski definition) is 2. The van der Waals surface area contributed by atoms with Crippen LogP contribution in [0.4, 0.5) is 11.4 Å². The molecule has 3 N–H and O–H groups in total. The third kappa shape index (κ3) is 3.04. The number of aromatic nitrogens is 1. The maximum Gasteiger partial charge on any atom is 0.244 e. The number of carbonyl (C=O) groups is 1. The fourth-order valence-corrected chi connectivity index (χ4v) is 2.53. The summed E-state index contributed by atoms with van der Waals surface area (Å²) in [5.74, 6) is -0.0942. The number of amides is 1. The number of anilines is 2. The minimum atomic E-state index is -0.725. The quantitative estimate of drug-likeness (QED) is 0.870. The van der Waals surface area contributed by atoms with E-state index >= 15 is 0 Å². The van der Waals surface area contributed by atoms with E-state index in [2.05, 4.69) is 10.3 Å². The van der Waals surface area contributed by atoms with Crippen LogP contribution in [0.15, 0.2) is 18.5 Å². The van der Waals surface area contributed by atoms with Gasteiger partial charge in [0.25, 0.3) is 0 Å². The van der Waals surface area contributed by atoms with Gasteiger partial charge in [0.05, 0.1) is 23.1 Å². The molecule has 1 aromatic rings. The Morgan fingerprint density at radius 2 is 2.05 bits per heavy atom. The summed E-state index contributed by atoms with van der Waals surface area (Å²) in [7, 11) is 3.87. The van der Waals surface area contributed by atoms with Crippen molar-refractivity contribution in [2.45, 2.75) is 37.6 Å². The van der Waals surface area contributed by atoms with E-state index in [4.69, 9.17) is 5.73 Å². The van der Waals surface area contributed by atoms with Gasteiger partial charge in [-0.3, -0.25) is 9.78 Å². The first-order valence-electron chi connectivity index (χ1n) is 6.75. The van der Waals surface area contributed by atoms with Crippen LogP contribution in [-0.4, -0.2) is 30.5 Å². The van der Waals surface area contributed by atoms with Crippen LogP contribution in [0.5, 0.6) is 0 Å². The van der Waals surface area contributed by atoms with E-state index < -0.39 is 5.54 Å². The highest BCUT2D eigenvalue weighted by atomic mass is 16.2. The number of nitrogens with one attached hydrogen (secondary N) is 1. The summed E-state index contributed by atoms with van der Waals surface area (Å²) in [5, 5.41) is 2.93. The third-order valence-electron chi connectivity index (χ3n) is 3.73. The Bertz CT molecular complexity index is 453. The normalized spacial score (nSPS) is 17.8. The molecule has 5 nitrogen and oxygen atoms in total. The summed E-state index contributed by atoms with van der Waals surface area (Å²) in [5.41, 5.74) is 7.15. The van der Waals surface area contributed by atoms with E-state index in [-0.39, 0.29) is 5.91 Å². The van der Waals surface area contributed by atoms with Crippen molar-refractivity contribution in [3.63, 3.8) is 0 Å². The second kappa shape index (κ2) is 5.57. The van der Waals surface area contributed by atoms with Gasteiger partial charge in [0.15, 0.2) is 0 Å². The lowest BCUT2D eigenvalue weighted by atomic mass is 9.82. The lowest BCUT2D eigenvalue weighted by molar-refractivity contribution is -0.122. The SMILES string of the molecule is CN(C)c1ccncc1NC(=O)C1(N)CCCCC1. The third-order valence-corrected chi connectivity index (χ3v) is 3.73.